The maximum atomic E-state index is 12.9. The van der Waals surface area contributed by atoms with Crippen LogP contribution in [0, 0.1) is 5.92 Å². The van der Waals surface area contributed by atoms with Gasteiger partial charge in [-0.25, -0.2) is 0 Å². The molecule has 3 nitrogen and oxygen atoms in total. The molecule has 0 aliphatic carbocycles. The van der Waals surface area contributed by atoms with Crippen LogP contribution in [-0.2, 0) is 4.79 Å². The number of piperidine rings is 1. The third-order valence-corrected chi connectivity index (χ3v) is 5.75. The molecule has 2 aromatic rings. The van der Waals surface area contributed by atoms with Gasteiger partial charge in [0.15, 0.2) is 0 Å². The zero-order chi connectivity index (χ0) is 21.2. The van der Waals surface area contributed by atoms with E-state index in [0.717, 1.165) is 29.8 Å². The number of carbonyl (C=O) groups is 1. The van der Waals surface area contributed by atoms with Crippen LogP contribution in [0.15, 0.2) is 67.3 Å². The topological polar surface area (TPSA) is 40.5 Å². The lowest BCUT2D eigenvalue weighted by atomic mass is 9.85. The van der Waals surface area contributed by atoms with Crippen LogP contribution in [0.5, 0.6) is 0 Å². The quantitative estimate of drug-likeness (QED) is 0.542. The number of likely N-dealkylation sites (tertiary alicyclic amines) is 1. The number of hydrogen-bond acceptors (Lipinski definition) is 2. The molecular formula is C24H29Cl2NO2. The largest absolute Gasteiger partial charge is 0.394 e. The van der Waals surface area contributed by atoms with Crippen LogP contribution < -0.4 is 0 Å². The van der Waals surface area contributed by atoms with E-state index in [4.69, 9.17) is 23.2 Å². The van der Waals surface area contributed by atoms with Crippen LogP contribution in [-0.4, -0.2) is 28.6 Å². The Morgan fingerprint density at radius 2 is 1.72 bits per heavy atom. The number of halogens is 2. The van der Waals surface area contributed by atoms with Gasteiger partial charge in [-0.1, -0.05) is 66.5 Å². The molecule has 156 valence electrons. The minimum atomic E-state index is -0.138. The number of amides is 1. The molecule has 5 heteroatoms. The molecule has 3 atom stereocenters. The van der Waals surface area contributed by atoms with Crippen LogP contribution in [0.1, 0.15) is 44.2 Å². The summed E-state index contributed by atoms with van der Waals surface area (Å²) in [6, 6.07) is 17.0. The van der Waals surface area contributed by atoms with Crippen molar-refractivity contribution < 1.29 is 9.90 Å². The van der Waals surface area contributed by atoms with Gasteiger partial charge >= 0.3 is 0 Å². The van der Waals surface area contributed by atoms with Gasteiger partial charge in [0, 0.05) is 16.0 Å². The number of aliphatic hydroxyl groups excluding tert-OH is 1. The summed E-state index contributed by atoms with van der Waals surface area (Å²) in [6.07, 6.45) is 5.01. The van der Waals surface area contributed by atoms with Crippen molar-refractivity contribution in [2.45, 2.75) is 44.7 Å². The van der Waals surface area contributed by atoms with E-state index in [1.54, 1.807) is 0 Å². The molecule has 1 heterocycles. The number of allylic oxidation sites excluding steroid dienone is 1. The van der Waals surface area contributed by atoms with Crippen molar-refractivity contribution in [3.63, 3.8) is 0 Å². The van der Waals surface area contributed by atoms with Crippen LogP contribution in [0.4, 0.5) is 0 Å². The zero-order valence-electron chi connectivity index (χ0n) is 16.8. The highest BCUT2D eigenvalue weighted by Gasteiger charge is 2.38. The van der Waals surface area contributed by atoms with E-state index in [1.807, 2.05) is 72.5 Å². The lowest BCUT2D eigenvalue weighted by Gasteiger charge is -2.43. The van der Waals surface area contributed by atoms with E-state index in [1.165, 1.54) is 0 Å². The van der Waals surface area contributed by atoms with Crippen LogP contribution in [0.3, 0.4) is 0 Å². The summed E-state index contributed by atoms with van der Waals surface area (Å²) in [4.78, 5) is 14.8. The zero-order valence-corrected chi connectivity index (χ0v) is 18.3. The number of carbonyl (C=O) groups excluding carboxylic acids is 1. The Morgan fingerprint density at radius 1 is 1.10 bits per heavy atom. The van der Waals surface area contributed by atoms with E-state index in [0.29, 0.717) is 11.4 Å². The molecule has 1 aliphatic heterocycles. The first-order chi connectivity index (χ1) is 14.0. The number of aliphatic hydroxyl groups is 1. The van der Waals surface area contributed by atoms with Crippen molar-refractivity contribution in [1.29, 1.82) is 0 Å². The predicted molar refractivity (Wildman–Crippen MR) is 121 cm³/mol. The fourth-order valence-electron chi connectivity index (χ4n) is 3.68. The van der Waals surface area contributed by atoms with E-state index in [9.17, 15) is 9.90 Å². The van der Waals surface area contributed by atoms with Crippen molar-refractivity contribution in [3.05, 3.63) is 82.9 Å². The molecule has 0 bridgehead atoms. The summed E-state index contributed by atoms with van der Waals surface area (Å²) < 4.78 is 0. The second-order valence-corrected chi connectivity index (χ2v) is 8.02. The molecule has 29 heavy (non-hydrogen) atoms. The third kappa shape index (κ3) is 6.60. The van der Waals surface area contributed by atoms with Gasteiger partial charge in [0.05, 0.1) is 18.7 Å². The van der Waals surface area contributed by atoms with Crippen molar-refractivity contribution in [2.75, 3.05) is 6.61 Å². The van der Waals surface area contributed by atoms with Crippen LogP contribution in [0.2, 0.25) is 10.0 Å². The molecule has 3 unspecified atom stereocenters. The SMILES string of the molecule is C=CCC1CCC(c2ccc(Cl)cc2)N(C(CC)CO)C1=O.Clc1ccccc1. The van der Waals surface area contributed by atoms with E-state index in [-0.39, 0.29) is 30.5 Å². The van der Waals surface area contributed by atoms with Crippen molar-refractivity contribution in [2.24, 2.45) is 5.92 Å². The number of rotatable bonds is 6. The smallest absolute Gasteiger partial charge is 0.226 e. The second kappa shape index (κ2) is 12.0. The molecule has 0 saturated carbocycles. The van der Waals surface area contributed by atoms with Crippen molar-refractivity contribution in [1.82, 2.24) is 4.90 Å². The molecule has 3 rings (SSSR count). The fraction of sp³-hybridized carbons (Fsp3) is 0.375. The van der Waals surface area contributed by atoms with Gasteiger partial charge in [-0.3, -0.25) is 4.79 Å². The highest BCUT2D eigenvalue weighted by molar-refractivity contribution is 6.30. The molecule has 1 N–H and O–H groups in total. The average molecular weight is 434 g/mol. The predicted octanol–water partition coefficient (Wildman–Crippen LogP) is 6.31. The summed E-state index contributed by atoms with van der Waals surface area (Å²) >= 11 is 11.5. The molecule has 1 aliphatic rings. The maximum absolute atomic E-state index is 12.9. The Balaban J connectivity index is 0.000000360. The first-order valence-electron chi connectivity index (χ1n) is 10.0. The summed E-state index contributed by atoms with van der Waals surface area (Å²) in [5.74, 6) is 0.119. The van der Waals surface area contributed by atoms with Gasteiger partial charge in [-0.15, -0.1) is 6.58 Å². The van der Waals surface area contributed by atoms with E-state index >= 15 is 0 Å². The van der Waals surface area contributed by atoms with E-state index < -0.39 is 0 Å². The van der Waals surface area contributed by atoms with Gasteiger partial charge in [-0.05, 0) is 55.5 Å². The summed E-state index contributed by atoms with van der Waals surface area (Å²) in [5.41, 5.74) is 1.08. The number of benzene rings is 2. The standard InChI is InChI=1S/C18H24ClNO2.C6H5Cl/c1-3-5-14-8-11-17(13-6-9-15(19)10-7-13)20(18(14)22)16(4-2)12-21;7-6-4-2-1-3-5-6/h3,6-7,9-10,14,16-17,21H,1,4-5,8,11-12H2,2H3;1-5H. The monoisotopic (exact) mass is 433 g/mol. The number of hydrogen-bond donors (Lipinski definition) is 1. The Labute approximate surface area is 184 Å². The summed E-state index contributed by atoms with van der Waals surface area (Å²) in [6.45, 7) is 5.75. The normalized spacial score (nSPS) is 19.9. The molecule has 0 spiro atoms. The first kappa shape index (κ1) is 23.5. The van der Waals surface area contributed by atoms with Crippen molar-refractivity contribution >= 4 is 29.1 Å². The highest BCUT2D eigenvalue weighted by Crippen LogP contribution is 2.37. The van der Waals surface area contributed by atoms with Gasteiger partial charge in [-0.2, -0.15) is 0 Å². The lowest BCUT2D eigenvalue weighted by molar-refractivity contribution is -0.146. The van der Waals surface area contributed by atoms with Crippen LogP contribution >= 0.6 is 23.2 Å². The molecule has 1 fully saturated rings. The highest BCUT2D eigenvalue weighted by atomic mass is 35.5. The molecule has 2 aromatic carbocycles. The van der Waals surface area contributed by atoms with Crippen LogP contribution in [0.25, 0.3) is 0 Å². The first-order valence-corrected chi connectivity index (χ1v) is 10.8. The van der Waals surface area contributed by atoms with Gasteiger partial charge in [0.2, 0.25) is 5.91 Å². The average Bonchev–Trinajstić information content (AvgIpc) is 2.73. The molecule has 0 aromatic heterocycles. The Morgan fingerprint density at radius 3 is 2.21 bits per heavy atom. The van der Waals surface area contributed by atoms with Gasteiger partial charge in [0.1, 0.15) is 0 Å². The van der Waals surface area contributed by atoms with Crippen molar-refractivity contribution in [3.8, 4) is 0 Å². The summed E-state index contributed by atoms with van der Waals surface area (Å²) in [7, 11) is 0. The Hall–Kier alpha value is -1.81. The minimum absolute atomic E-state index is 0.00681. The van der Waals surface area contributed by atoms with Gasteiger partial charge in [0.25, 0.3) is 0 Å². The maximum Gasteiger partial charge on any atom is 0.226 e. The Bertz CT molecular complexity index is 760. The second-order valence-electron chi connectivity index (χ2n) is 7.15. The molecule has 1 amide bonds. The minimum Gasteiger partial charge on any atom is -0.394 e. The molecule has 1 saturated heterocycles. The van der Waals surface area contributed by atoms with Gasteiger partial charge < -0.3 is 10.0 Å². The van der Waals surface area contributed by atoms with E-state index in [2.05, 4.69) is 6.58 Å². The molecule has 0 radical (unpaired) electrons. The fourth-order valence-corrected chi connectivity index (χ4v) is 3.95. The number of nitrogens with zero attached hydrogens (tertiary/aromatic N) is 1. The molecular weight excluding hydrogens is 405 g/mol. The lowest BCUT2D eigenvalue weighted by Crippen LogP contribution is -2.50. The summed E-state index contributed by atoms with van der Waals surface area (Å²) in [5, 5.41) is 11.2. The Kier molecular flexibility index (Phi) is 9.72. The third-order valence-electron chi connectivity index (χ3n) is 5.24.